The van der Waals surface area contributed by atoms with Gasteiger partial charge in [-0.05, 0) is 6.07 Å². The van der Waals surface area contributed by atoms with Crippen molar-refractivity contribution in [2.45, 2.75) is 24.5 Å². The minimum absolute atomic E-state index is 0. The van der Waals surface area contributed by atoms with Gasteiger partial charge in [-0.25, -0.2) is 4.79 Å². The summed E-state index contributed by atoms with van der Waals surface area (Å²) in [6, 6.07) is 1.37. The molecule has 8 nitrogen and oxygen atoms in total. The molecular formula is C9H15ClFN3O5. The van der Waals surface area contributed by atoms with Crippen LogP contribution >= 0.6 is 12.4 Å². The SMILES string of the molecule is Cl.F.Nc1ccn([C@@H]2O[C@H](CO)[C@@H](O)[C@H]2O)c(=O)n1. The highest BCUT2D eigenvalue weighted by Crippen LogP contribution is 2.27. The number of hydrogen-bond acceptors (Lipinski definition) is 7. The highest BCUT2D eigenvalue weighted by molar-refractivity contribution is 5.85. The van der Waals surface area contributed by atoms with Crippen LogP contribution in [0.1, 0.15) is 6.23 Å². The van der Waals surface area contributed by atoms with E-state index in [2.05, 4.69) is 4.98 Å². The molecule has 0 aliphatic carbocycles. The maximum Gasteiger partial charge on any atom is 0.351 e. The lowest BCUT2D eigenvalue weighted by Crippen LogP contribution is -2.36. The fraction of sp³-hybridized carbons (Fsp3) is 0.556. The molecule has 0 aromatic carbocycles. The van der Waals surface area contributed by atoms with E-state index in [0.717, 1.165) is 4.57 Å². The molecular weight excluding hydrogens is 285 g/mol. The van der Waals surface area contributed by atoms with Crippen LogP contribution in [0.3, 0.4) is 0 Å². The number of rotatable bonds is 2. The Morgan fingerprint density at radius 2 is 2.05 bits per heavy atom. The van der Waals surface area contributed by atoms with Crippen molar-refractivity contribution in [1.29, 1.82) is 0 Å². The number of hydrogen-bond donors (Lipinski definition) is 4. The van der Waals surface area contributed by atoms with Gasteiger partial charge in [-0.15, -0.1) is 12.4 Å². The van der Waals surface area contributed by atoms with Crippen LogP contribution in [0, 0.1) is 0 Å². The Morgan fingerprint density at radius 3 is 2.53 bits per heavy atom. The topological polar surface area (TPSA) is 131 Å². The Kier molecular flexibility index (Phi) is 6.33. The van der Waals surface area contributed by atoms with Crippen LogP contribution < -0.4 is 11.4 Å². The molecule has 5 N–H and O–H groups in total. The predicted molar refractivity (Wildman–Crippen MR) is 65.7 cm³/mol. The number of nitrogen functional groups attached to an aromatic ring is 1. The molecule has 0 unspecified atom stereocenters. The smallest absolute Gasteiger partial charge is 0.351 e. The van der Waals surface area contributed by atoms with Gasteiger partial charge in [0.1, 0.15) is 24.1 Å². The standard InChI is InChI=1S/C9H13N3O5.ClH.FH/c10-5-1-2-12(9(16)11-5)8-7(15)6(14)4(3-13)17-8;;/h1-2,4,6-8,13-15H,3H2,(H2,10,11,16);2*1H/t4-,6-,7-,8-;;/m1../s1. The van der Waals surface area contributed by atoms with E-state index in [9.17, 15) is 15.0 Å². The zero-order chi connectivity index (χ0) is 12.6. The van der Waals surface area contributed by atoms with Crippen molar-refractivity contribution in [2.24, 2.45) is 0 Å². The van der Waals surface area contributed by atoms with Crippen LogP contribution in [0.2, 0.25) is 0 Å². The van der Waals surface area contributed by atoms with E-state index in [1.165, 1.54) is 12.3 Å². The van der Waals surface area contributed by atoms with E-state index in [4.69, 9.17) is 15.6 Å². The molecule has 2 rings (SSSR count). The number of aromatic nitrogens is 2. The van der Waals surface area contributed by atoms with Gasteiger partial charge in [0.15, 0.2) is 6.23 Å². The number of aliphatic hydroxyl groups excluding tert-OH is 3. The summed E-state index contributed by atoms with van der Waals surface area (Å²) >= 11 is 0. The molecule has 1 aliphatic rings. The Labute approximate surface area is 113 Å². The lowest BCUT2D eigenvalue weighted by molar-refractivity contribution is -0.0549. The van der Waals surface area contributed by atoms with E-state index in [1.807, 2.05) is 0 Å². The van der Waals surface area contributed by atoms with Gasteiger partial charge in [0.05, 0.1) is 6.61 Å². The Bertz CT molecular complexity index is 473. The first-order valence-corrected chi connectivity index (χ1v) is 5.01. The minimum atomic E-state index is -1.31. The van der Waals surface area contributed by atoms with Crippen LogP contribution in [0.4, 0.5) is 10.5 Å². The van der Waals surface area contributed by atoms with Gasteiger partial charge in [0, 0.05) is 6.20 Å². The third kappa shape index (κ3) is 3.19. The summed E-state index contributed by atoms with van der Waals surface area (Å²) in [5, 5.41) is 28.2. The molecule has 1 aromatic rings. The van der Waals surface area contributed by atoms with Gasteiger partial charge in [-0.3, -0.25) is 9.27 Å². The van der Waals surface area contributed by atoms with Crippen molar-refractivity contribution in [3.05, 3.63) is 22.7 Å². The summed E-state index contributed by atoms with van der Waals surface area (Å²) in [5.74, 6) is 0.0537. The molecule has 2 heterocycles. The fourth-order valence-corrected chi connectivity index (χ4v) is 1.73. The second-order valence-electron chi connectivity index (χ2n) is 3.77. The van der Waals surface area contributed by atoms with Crippen molar-refractivity contribution >= 4 is 18.2 Å². The van der Waals surface area contributed by atoms with Crippen LogP contribution in [-0.4, -0.2) is 49.8 Å². The summed E-state index contributed by atoms with van der Waals surface area (Å²) in [4.78, 5) is 15.0. The number of halogens is 2. The van der Waals surface area contributed by atoms with E-state index in [1.54, 1.807) is 0 Å². The van der Waals surface area contributed by atoms with Crippen LogP contribution in [0.15, 0.2) is 17.1 Å². The highest BCUT2D eigenvalue weighted by Gasteiger charge is 2.43. The summed E-state index contributed by atoms with van der Waals surface area (Å²) < 4.78 is 6.19. The normalized spacial score (nSPS) is 29.4. The molecule has 4 atom stereocenters. The monoisotopic (exact) mass is 299 g/mol. The minimum Gasteiger partial charge on any atom is -0.394 e. The first-order chi connectivity index (χ1) is 8.04. The first-order valence-electron chi connectivity index (χ1n) is 5.01. The molecule has 0 spiro atoms. The Balaban J connectivity index is 0.00000162. The van der Waals surface area contributed by atoms with Crippen LogP contribution in [0.5, 0.6) is 0 Å². The van der Waals surface area contributed by atoms with Crippen LogP contribution in [-0.2, 0) is 4.74 Å². The lowest BCUT2D eigenvalue weighted by atomic mass is 10.1. The zero-order valence-electron chi connectivity index (χ0n) is 9.62. The number of ether oxygens (including phenoxy) is 1. The van der Waals surface area contributed by atoms with Crippen molar-refractivity contribution < 1.29 is 24.8 Å². The zero-order valence-corrected chi connectivity index (χ0v) is 10.4. The Morgan fingerprint density at radius 1 is 1.42 bits per heavy atom. The summed E-state index contributed by atoms with van der Waals surface area (Å²) in [7, 11) is 0. The largest absolute Gasteiger partial charge is 0.394 e. The van der Waals surface area contributed by atoms with Crippen LogP contribution in [0.25, 0.3) is 0 Å². The van der Waals surface area contributed by atoms with E-state index >= 15 is 0 Å². The van der Waals surface area contributed by atoms with Gasteiger partial charge >= 0.3 is 5.69 Å². The summed E-state index contributed by atoms with van der Waals surface area (Å²) in [5.41, 5.74) is 4.63. The first kappa shape index (κ1) is 17.7. The molecule has 0 amide bonds. The van der Waals surface area contributed by atoms with Crippen molar-refractivity contribution in [3.8, 4) is 0 Å². The average Bonchev–Trinajstić information content (AvgIpc) is 2.57. The number of anilines is 1. The number of aliphatic hydroxyl groups is 3. The summed E-state index contributed by atoms with van der Waals surface area (Å²) in [6.45, 7) is -0.453. The molecule has 10 heteroatoms. The van der Waals surface area contributed by atoms with Crippen molar-refractivity contribution in [1.82, 2.24) is 9.55 Å². The van der Waals surface area contributed by atoms with Gasteiger partial charge < -0.3 is 25.8 Å². The number of nitrogens with two attached hydrogens (primary N) is 1. The molecule has 0 saturated carbocycles. The van der Waals surface area contributed by atoms with E-state index in [-0.39, 0.29) is 22.9 Å². The predicted octanol–water partition coefficient (Wildman–Crippen LogP) is -1.99. The molecule has 0 radical (unpaired) electrons. The highest BCUT2D eigenvalue weighted by atomic mass is 35.5. The molecule has 19 heavy (non-hydrogen) atoms. The fourth-order valence-electron chi connectivity index (χ4n) is 1.73. The van der Waals surface area contributed by atoms with Gasteiger partial charge in [-0.1, -0.05) is 0 Å². The van der Waals surface area contributed by atoms with E-state index < -0.39 is 36.8 Å². The number of nitrogens with zero attached hydrogens (tertiary/aromatic N) is 2. The maximum absolute atomic E-state index is 11.5. The van der Waals surface area contributed by atoms with Gasteiger partial charge in [0.25, 0.3) is 0 Å². The maximum atomic E-state index is 11.5. The average molecular weight is 300 g/mol. The van der Waals surface area contributed by atoms with Crippen molar-refractivity contribution in [3.63, 3.8) is 0 Å². The summed E-state index contributed by atoms with van der Waals surface area (Å²) in [6.07, 6.45) is -3.27. The molecule has 1 aliphatic heterocycles. The third-order valence-electron chi connectivity index (χ3n) is 2.64. The molecule has 1 fully saturated rings. The molecule has 1 saturated heterocycles. The molecule has 110 valence electrons. The second kappa shape index (κ2) is 6.78. The van der Waals surface area contributed by atoms with E-state index in [0.29, 0.717) is 0 Å². The molecule has 0 bridgehead atoms. The Hall–Kier alpha value is -1.26. The molecule has 1 aromatic heterocycles. The van der Waals surface area contributed by atoms with Gasteiger partial charge in [-0.2, -0.15) is 4.98 Å². The quantitative estimate of drug-likeness (QED) is 0.497. The lowest BCUT2D eigenvalue weighted by Gasteiger charge is -2.16. The third-order valence-corrected chi connectivity index (χ3v) is 2.64. The van der Waals surface area contributed by atoms with Gasteiger partial charge in [0.2, 0.25) is 0 Å². The second-order valence-corrected chi connectivity index (χ2v) is 3.77. The van der Waals surface area contributed by atoms with Crippen molar-refractivity contribution in [2.75, 3.05) is 12.3 Å².